The molecule has 0 aliphatic rings. The Labute approximate surface area is 94.8 Å². The van der Waals surface area contributed by atoms with E-state index in [0.29, 0.717) is 0 Å². The Kier molecular flexibility index (Phi) is 3.83. The molecule has 0 bridgehead atoms. The maximum atomic E-state index is 5.59. The second kappa shape index (κ2) is 4.46. The van der Waals surface area contributed by atoms with Crippen molar-refractivity contribution in [1.82, 2.24) is 0 Å². The molecule has 0 atom stereocenters. The molecule has 1 nitrogen and oxygen atoms in total. The molecule has 0 aliphatic carbocycles. The molecular formula is C9H10BrIO. The van der Waals surface area contributed by atoms with E-state index in [4.69, 9.17) is 4.74 Å². The quantitative estimate of drug-likeness (QED) is 0.743. The molecule has 12 heavy (non-hydrogen) atoms. The van der Waals surface area contributed by atoms with Crippen LogP contribution in [0.25, 0.3) is 0 Å². The number of ether oxygens (including phenoxy) is 1. The number of halogens is 2. The van der Waals surface area contributed by atoms with Crippen LogP contribution >= 0.6 is 38.5 Å². The van der Waals surface area contributed by atoms with Crippen LogP contribution in [0.1, 0.15) is 13.8 Å². The van der Waals surface area contributed by atoms with Crippen LogP contribution in [0.15, 0.2) is 22.7 Å². The fourth-order valence-corrected chi connectivity index (χ4v) is 1.62. The van der Waals surface area contributed by atoms with Gasteiger partial charge in [0.2, 0.25) is 0 Å². The summed E-state index contributed by atoms with van der Waals surface area (Å²) in [6, 6.07) is 6.03. The Balaban J connectivity index is 2.90. The SMILES string of the molecule is CC(C)Oc1cc(Br)ccc1I. The largest absolute Gasteiger partial charge is 0.490 e. The van der Waals surface area contributed by atoms with E-state index in [2.05, 4.69) is 38.5 Å². The topological polar surface area (TPSA) is 9.23 Å². The van der Waals surface area contributed by atoms with Gasteiger partial charge in [0.05, 0.1) is 9.67 Å². The summed E-state index contributed by atoms with van der Waals surface area (Å²) in [5.41, 5.74) is 0. The van der Waals surface area contributed by atoms with Gasteiger partial charge in [-0.2, -0.15) is 0 Å². The first-order valence-electron chi connectivity index (χ1n) is 3.71. The van der Waals surface area contributed by atoms with Crippen molar-refractivity contribution >= 4 is 38.5 Å². The molecular weight excluding hydrogens is 331 g/mol. The third-order valence-electron chi connectivity index (χ3n) is 1.26. The Morgan fingerprint density at radius 1 is 1.42 bits per heavy atom. The molecule has 0 aliphatic heterocycles. The van der Waals surface area contributed by atoms with Gasteiger partial charge in [-0.3, -0.25) is 0 Å². The van der Waals surface area contributed by atoms with E-state index >= 15 is 0 Å². The van der Waals surface area contributed by atoms with Gasteiger partial charge in [0, 0.05) is 4.47 Å². The van der Waals surface area contributed by atoms with Crippen molar-refractivity contribution in [3.8, 4) is 5.75 Å². The first kappa shape index (κ1) is 10.3. The molecule has 1 aromatic carbocycles. The molecule has 3 heteroatoms. The molecule has 66 valence electrons. The van der Waals surface area contributed by atoms with Crippen LogP contribution < -0.4 is 4.74 Å². The molecule has 0 heterocycles. The third kappa shape index (κ3) is 2.94. The van der Waals surface area contributed by atoms with Gasteiger partial charge in [0.25, 0.3) is 0 Å². The lowest BCUT2D eigenvalue weighted by atomic mass is 10.3. The van der Waals surface area contributed by atoms with Crippen LogP contribution in [0.4, 0.5) is 0 Å². The van der Waals surface area contributed by atoms with Crippen molar-refractivity contribution in [3.63, 3.8) is 0 Å². The van der Waals surface area contributed by atoms with Crippen LogP contribution in [0, 0.1) is 3.57 Å². The Bertz CT molecular complexity index is 273. The molecule has 0 saturated carbocycles. The minimum absolute atomic E-state index is 0.229. The zero-order valence-corrected chi connectivity index (χ0v) is 10.7. The summed E-state index contributed by atoms with van der Waals surface area (Å²) in [6.07, 6.45) is 0.229. The van der Waals surface area contributed by atoms with Gasteiger partial charge in [-0.1, -0.05) is 15.9 Å². The molecule has 0 spiro atoms. The highest BCUT2D eigenvalue weighted by Crippen LogP contribution is 2.25. The number of rotatable bonds is 2. The lowest BCUT2D eigenvalue weighted by Gasteiger charge is -2.11. The van der Waals surface area contributed by atoms with Crippen molar-refractivity contribution in [2.24, 2.45) is 0 Å². The average molecular weight is 341 g/mol. The molecule has 0 fully saturated rings. The van der Waals surface area contributed by atoms with Gasteiger partial charge in [-0.15, -0.1) is 0 Å². The zero-order chi connectivity index (χ0) is 9.14. The monoisotopic (exact) mass is 340 g/mol. The summed E-state index contributed by atoms with van der Waals surface area (Å²) in [5, 5.41) is 0. The highest BCUT2D eigenvalue weighted by molar-refractivity contribution is 14.1. The molecule has 1 aromatic rings. The first-order chi connectivity index (χ1) is 5.59. The van der Waals surface area contributed by atoms with E-state index in [1.807, 2.05) is 32.0 Å². The molecule has 1 rings (SSSR count). The number of hydrogen-bond donors (Lipinski definition) is 0. The van der Waals surface area contributed by atoms with Gasteiger partial charge in [0.1, 0.15) is 5.75 Å². The first-order valence-corrected chi connectivity index (χ1v) is 5.58. The van der Waals surface area contributed by atoms with Gasteiger partial charge < -0.3 is 4.74 Å². The lowest BCUT2D eigenvalue weighted by molar-refractivity contribution is 0.240. The summed E-state index contributed by atoms with van der Waals surface area (Å²) in [4.78, 5) is 0. The second-order valence-corrected chi connectivity index (χ2v) is 4.82. The summed E-state index contributed by atoms with van der Waals surface area (Å²) < 4.78 is 7.79. The fraction of sp³-hybridized carbons (Fsp3) is 0.333. The fourth-order valence-electron chi connectivity index (χ4n) is 0.821. The molecule has 0 amide bonds. The van der Waals surface area contributed by atoms with Crippen molar-refractivity contribution in [2.45, 2.75) is 20.0 Å². The van der Waals surface area contributed by atoms with Crippen molar-refractivity contribution in [3.05, 3.63) is 26.2 Å². The van der Waals surface area contributed by atoms with E-state index in [1.54, 1.807) is 0 Å². The van der Waals surface area contributed by atoms with Gasteiger partial charge in [-0.25, -0.2) is 0 Å². The maximum Gasteiger partial charge on any atom is 0.134 e. The molecule has 0 N–H and O–H groups in total. The zero-order valence-electron chi connectivity index (χ0n) is 6.97. The highest BCUT2D eigenvalue weighted by Gasteiger charge is 2.02. The summed E-state index contributed by atoms with van der Waals surface area (Å²) >= 11 is 5.67. The maximum absolute atomic E-state index is 5.59. The normalized spacial score (nSPS) is 10.4. The lowest BCUT2D eigenvalue weighted by Crippen LogP contribution is -2.06. The van der Waals surface area contributed by atoms with Crippen molar-refractivity contribution in [1.29, 1.82) is 0 Å². The van der Waals surface area contributed by atoms with Gasteiger partial charge in [-0.05, 0) is 54.6 Å². The predicted molar refractivity (Wildman–Crippen MR) is 62.6 cm³/mol. The third-order valence-corrected chi connectivity index (χ3v) is 2.64. The van der Waals surface area contributed by atoms with E-state index in [0.717, 1.165) is 13.8 Å². The van der Waals surface area contributed by atoms with Crippen LogP contribution in [-0.4, -0.2) is 6.10 Å². The molecule has 0 aromatic heterocycles. The second-order valence-electron chi connectivity index (χ2n) is 2.74. The number of benzene rings is 1. The van der Waals surface area contributed by atoms with Crippen LogP contribution in [0.5, 0.6) is 5.75 Å². The predicted octanol–water partition coefficient (Wildman–Crippen LogP) is 3.84. The minimum atomic E-state index is 0.229. The van der Waals surface area contributed by atoms with Gasteiger partial charge >= 0.3 is 0 Å². The van der Waals surface area contributed by atoms with E-state index in [9.17, 15) is 0 Å². The van der Waals surface area contributed by atoms with E-state index in [1.165, 1.54) is 0 Å². The summed E-state index contributed by atoms with van der Waals surface area (Å²) in [5.74, 6) is 0.944. The van der Waals surface area contributed by atoms with Crippen LogP contribution in [0.2, 0.25) is 0 Å². The van der Waals surface area contributed by atoms with Gasteiger partial charge in [0.15, 0.2) is 0 Å². The Morgan fingerprint density at radius 3 is 2.67 bits per heavy atom. The van der Waals surface area contributed by atoms with Crippen molar-refractivity contribution < 1.29 is 4.74 Å². The Hall–Kier alpha value is 0.230. The van der Waals surface area contributed by atoms with E-state index in [-0.39, 0.29) is 6.10 Å². The highest BCUT2D eigenvalue weighted by atomic mass is 127. The average Bonchev–Trinajstić information content (AvgIpc) is 1.96. The number of hydrogen-bond acceptors (Lipinski definition) is 1. The summed E-state index contributed by atoms with van der Waals surface area (Å²) in [7, 11) is 0. The molecule has 0 radical (unpaired) electrons. The minimum Gasteiger partial charge on any atom is -0.490 e. The van der Waals surface area contributed by atoms with Crippen LogP contribution in [-0.2, 0) is 0 Å². The Morgan fingerprint density at radius 2 is 2.08 bits per heavy atom. The van der Waals surface area contributed by atoms with Crippen molar-refractivity contribution in [2.75, 3.05) is 0 Å². The van der Waals surface area contributed by atoms with E-state index < -0.39 is 0 Å². The standard InChI is InChI=1S/C9H10BrIO/c1-6(2)12-9-5-7(10)3-4-8(9)11/h3-6H,1-2H3. The molecule has 0 unspecified atom stereocenters. The van der Waals surface area contributed by atoms with Crippen LogP contribution in [0.3, 0.4) is 0 Å². The molecule has 0 saturated heterocycles. The summed E-state index contributed by atoms with van der Waals surface area (Å²) in [6.45, 7) is 4.05. The smallest absolute Gasteiger partial charge is 0.134 e.